The Bertz CT molecular complexity index is 456. The molecular formula is C16H25N3. The largest absolute Gasteiger partial charge is 0.311 e. The summed E-state index contributed by atoms with van der Waals surface area (Å²) < 4.78 is 0. The molecule has 0 saturated heterocycles. The Morgan fingerprint density at radius 1 is 1.26 bits per heavy atom. The van der Waals surface area contributed by atoms with Crippen LogP contribution in [0.5, 0.6) is 0 Å². The highest BCUT2D eigenvalue weighted by Crippen LogP contribution is 2.36. The first-order valence-electron chi connectivity index (χ1n) is 7.85. The van der Waals surface area contributed by atoms with Crippen molar-refractivity contribution < 1.29 is 0 Å². The topological polar surface area (TPSA) is 37.8 Å². The standard InChI is InChI=1S/C16H25N3/c1-3-12-5-4-6-13(9-12)16-18-11(2)14-7-8-17-10-15(14)19-16/h12-13,17H,3-10H2,1-2H3. The van der Waals surface area contributed by atoms with Crippen molar-refractivity contribution in [1.82, 2.24) is 15.3 Å². The second-order valence-electron chi connectivity index (χ2n) is 6.16. The highest BCUT2D eigenvalue weighted by Gasteiger charge is 2.26. The van der Waals surface area contributed by atoms with Gasteiger partial charge in [0, 0.05) is 18.2 Å². The first-order valence-corrected chi connectivity index (χ1v) is 7.85. The van der Waals surface area contributed by atoms with Gasteiger partial charge in [-0.15, -0.1) is 0 Å². The van der Waals surface area contributed by atoms with E-state index in [1.807, 2.05) is 0 Å². The fourth-order valence-electron chi connectivity index (χ4n) is 3.65. The Labute approximate surface area is 116 Å². The SMILES string of the molecule is CCC1CCCC(c2nc(C)c3c(n2)CNCC3)C1. The lowest BCUT2D eigenvalue weighted by Gasteiger charge is -2.28. The van der Waals surface area contributed by atoms with Gasteiger partial charge in [0.05, 0.1) is 5.69 Å². The van der Waals surface area contributed by atoms with Crippen molar-refractivity contribution in [3.63, 3.8) is 0 Å². The summed E-state index contributed by atoms with van der Waals surface area (Å²) in [6, 6.07) is 0. The zero-order valence-electron chi connectivity index (χ0n) is 12.2. The minimum Gasteiger partial charge on any atom is -0.311 e. The zero-order chi connectivity index (χ0) is 13.2. The molecular weight excluding hydrogens is 234 g/mol. The molecule has 1 aromatic rings. The molecule has 2 aliphatic rings. The molecule has 0 spiro atoms. The van der Waals surface area contributed by atoms with Crippen LogP contribution in [0, 0.1) is 12.8 Å². The molecule has 0 bridgehead atoms. The molecule has 1 aliphatic carbocycles. The lowest BCUT2D eigenvalue weighted by atomic mass is 9.79. The predicted octanol–water partition coefficient (Wildman–Crippen LogP) is 3.11. The van der Waals surface area contributed by atoms with Gasteiger partial charge in [-0.3, -0.25) is 0 Å². The number of hydrogen-bond donors (Lipinski definition) is 1. The van der Waals surface area contributed by atoms with Crippen molar-refractivity contribution in [1.29, 1.82) is 0 Å². The van der Waals surface area contributed by atoms with Crippen molar-refractivity contribution in [3.05, 3.63) is 22.8 Å². The van der Waals surface area contributed by atoms with Crippen molar-refractivity contribution in [2.45, 2.75) is 64.8 Å². The fraction of sp³-hybridized carbons (Fsp3) is 0.750. The number of nitrogens with one attached hydrogen (secondary N) is 1. The van der Waals surface area contributed by atoms with Gasteiger partial charge >= 0.3 is 0 Å². The molecule has 2 unspecified atom stereocenters. The van der Waals surface area contributed by atoms with Crippen LogP contribution >= 0.6 is 0 Å². The Morgan fingerprint density at radius 3 is 3.00 bits per heavy atom. The maximum absolute atomic E-state index is 4.89. The first-order chi connectivity index (χ1) is 9.28. The molecule has 3 heteroatoms. The average molecular weight is 259 g/mol. The quantitative estimate of drug-likeness (QED) is 0.886. The van der Waals surface area contributed by atoms with Crippen molar-refractivity contribution in [2.75, 3.05) is 6.54 Å². The second kappa shape index (κ2) is 5.58. The summed E-state index contributed by atoms with van der Waals surface area (Å²) in [6.45, 7) is 6.47. The van der Waals surface area contributed by atoms with Crippen LogP contribution in [0.2, 0.25) is 0 Å². The van der Waals surface area contributed by atoms with Gasteiger partial charge in [0.1, 0.15) is 5.82 Å². The molecule has 2 heterocycles. The molecule has 104 valence electrons. The van der Waals surface area contributed by atoms with Gasteiger partial charge in [0.2, 0.25) is 0 Å². The number of aromatic nitrogens is 2. The Hall–Kier alpha value is -0.960. The number of nitrogens with zero attached hydrogens (tertiary/aromatic N) is 2. The molecule has 1 N–H and O–H groups in total. The average Bonchev–Trinajstić information content (AvgIpc) is 2.47. The van der Waals surface area contributed by atoms with E-state index in [1.54, 1.807) is 0 Å². The van der Waals surface area contributed by atoms with Crippen molar-refractivity contribution in [3.8, 4) is 0 Å². The highest BCUT2D eigenvalue weighted by molar-refractivity contribution is 5.28. The van der Waals surface area contributed by atoms with Gasteiger partial charge in [-0.1, -0.05) is 26.2 Å². The molecule has 2 atom stereocenters. The number of aryl methyl sites for hydroxylation is 1. The van der Waals surface area contributed by atoms with Gasteiger partial charge in [0.15, 0.2) is 0 Å². The lowest BCUT2D eigenvalue weighted by molar-refractivity contribution is 0.306. The van der Waals surface area contributed by atoms with Crippen LogP contribution in [-0.2, 0) is 13.0 Å². The van der Waals surface area contributed by atoms with E-state index < -0.39 is 0 Å². The molecule has 19 heavy (non-hydrogen) atoms. The number of fused-ring (bicyclic) bond motifs is 1. The summed E-state index contributed by atoms with van der Waals surface area (Å²) in [4.78, 5) is 9.73. The fourth-order valence-corrected chi connectivity index (χ4v) is 3.65. The molecule has 1 fully saturated rings. The Balaban J connectivity index is 1.86. The predicted molar refractivity (Wildman–Crippen MR) is 77.2 cm³/mol. The number of hydrogen-bond acceptors (Lipinski definition) is 3. The van der Waals surface area contributed by atoms with Crippen LogP contribution in [0.25, 0.3) is 0 Å². The summed E-state index contributed by atoms with van der Waals surface area (Å²) in [5.41, 5.74) is 3.87. The van der Waals surface area contributed by atoms with Crippen LogP contribution in [0.15, 0.2) is 0 Å². The summed E-state index contributed by atoms with van der Waals surface area (Å²) >= 11 is 0. The summed E-state index contributed by atoms with van der Waals surface area (Å²) in [6.07, 6.45) is 7.72. The molecule has 0 amide bonds. The summed E-state index contributed by atoms with van der Waals surface area (Å²) in [5, 5.41) is 3.43. The van der Waals surface area contributed by atoms with Gasteiger partial charge in [-0.05, 0) is 44.2 Å². The van der Waals surface area contributed by atoms with Crippen LogP contribution in [0.3, 0.4) is 0 Å². The lowest BCUT2D eigenvalue weighted by Crippen LogP contribution is -2.27. The monoisotopic (exact) mass is 259 g/mol. The van der Waals surface area contributed by atoms with Gasteiger partial charge in [-0.25, -0.2) is 9.97 Å². The van der Waals surface area contributed by atoms with Crippen molar-refractivity contribution >= 4 is 0 Å². The van der Waals surface area contributed by atoms with Crippen LogP contribution in [-0.4, -0.2) is 16.5 Å². The van der Waals surface area contributed by atoms with E-state index in [1.165, 1.54) is 49.1 Å². The second-order valence-corrected chi connectivity index (χ2v) is 6.16. The molecule has 0 radical (unpaired) electrons. The van der Waals surface area contributed by atoms with Gasteiger partial charge < -0.3 is 5.32 Å². The van der Waals surface area contributed by atoms with Crippen LogP contribution < -0.4 is 5.32 Å². The third-order valence-corrected chi connectivity index (χ3v) is 4.89. The van der Waals surface area contributed by atoms with Gasteiger partial charge in [0.25, 0.3) is 0 Å². The minimum absolute atomic E-state index is 0.602. The van der Waals surface area contributed by atoms with E-state index in [4.69, 9.17) is 9.97 Å². The Morgan fingerprint density at radius 2 is 2.16 bits per heavy atom. The third-order valence-electron chi connectivity index (χ3n) is 4.89. The maximum Gasteiger partial charge on any atom is 0.132 e. The zero-order valence-corrected chi connectivity index (χ0v) is 12.2. The Kier molecular flexibility index (Phi) is 3.83. The normalized spacial score (nSPS) is 27.1. The molecule has 1 aliphatic heterocycles. The van der Waals surface area contributed by atoms with Crippen LogP contribution in [0.1, 0.15) is 67.7 Å². The van der Waals surface area contributed by atoms with E-state index in [-0.39, 0.29) is 0 Å². The third kappa shape index (κ3) is 2.66. The summed E-state index contributed by atoms with van der Waals surface area (Å²) in [7, 11) is 0. The number of rotatable bonds is 2. The van der Waals surface area contributed by atoms with E-state index in [0.717, 1.165) is 31.3 Å². The van der Waals surface area contributed by atoms with Gasteiger partial charge in [-0.2, -0.15) is 0 Å². The smallest absolute Gasteiger partial charge is 0.132 e. The molecule has 1 aromatic heterocycles. The molecule has 0 aromatic carbocycles. The summed E-state index contributed by atoms with van der Waals surface area (Å²) in [5.74, 6) is 2.61. The van der Waals surface area contributed by atoms with Crippen molar-refractivity contribution in [2.24, 2.45) is 5.92 Å². The van der Waals surface area contributed by atoms with E-state index >= 15 is 0 Å². The van der Waals surface area contributed by atoms with E-state index in [9.17, 15) is 0 Å². The molecule has 3 rings (SSSR count). The van der Waals surface area contributed by atoms with E-state index in [2.05, 4.69) is 19.2 Å². The van der Waals surface area contributed by atoms with E-state index in [0.29, 0.717) is 5.92 Å². The minimum atomic E-state index is 0.602. The molecule has 3 nitrogen and oxygen atoms in total. The first kappa shape index (κ1) is 13.0. The molecule has 1 saturated carbocycles. The van der Waals surface area contributed by atoms with Crippen LogP contribution in [0.4, 0.5) is 0 Å². The maximum atomic E-state index is 4.89. The highest BCUT2D eigenvalue weighted by atomic mass is 15.0.